The molecule has 0 amide bonds. The van der Waals surface area contributed by atoms with Crippen LogP contribution in [0.1, 0.15) is 11.1 Å². The van der Waals surface area contributed by atoms with Gasteiger partial charge in [-0.3, -0.25) is 5.43 Å². The largest absolute Gasteiger partial charge is 0.488 e. The Hall–Kier alpha value is -2.22. The summed E-state index contributed by atoms with van der Waals surface area (Å²) >= 11 is 8.58. The quantitative estimate of drug-likeness (QED) is 0.225. The van der Waals surface area contributed by atoms with Crippen LogP contribution in [0.2, 0.25) is 0 Å². The smallest absolute Gasteiger partial charge is 0.204 e. The highest BCUT2D eigenvalue weighted by atomic mass is 79.9. The molecule has 0 unspecified atom stereocenters. The highest BCUT2D eigenvalue weighted by molar-refractivity contribution is 9.10. The second kappa shape index (κ2) is 8.86. The van der Waals surface area contributed by atoms with Gasteiger partial charge in [-0.2, -0.15) is 5.10 Å². The number of hydrogen-bond donors (Lipinski definition) is 1. The number of aromatic nitrogens is 1. The number of nitrogens with zero attached hydrogens (tertiary/aromatic N) is 2. The van der Waals surface area contributed by atoms with Crippen LogP contribution in [0.5, 0.6) is 5.75 Å². The minimum absolute atomic E-state index is 0.512. The van der Waals surface area contributed by atoms with Crippen molar-refractivity contribution in [2.45, 2.75) is 6.61 Å². The van der Waals surface area contributed by atoms with E-state index in [9.17, 15) is 0 Å². The van der Waals surface area contributed by atoms with Crippen molar-refractivity contribution in [2.24, 2.45) is 5.10 Å². The molecule has 1 N–H and O–H groups in total. The van der Waals surface area contributed by atoms with Crippen LogP contribution in [0.4, 0.5) is 5.13 Å². The van der Waals surface area contributed by atoms with Gasteiger partial charge < -0.3 is 4.74 Å². The number of fused-ring (bicyclic) bond motifs is 1. The first kappa shape index (κ1) is 19.1. The fraction of sp³-hybridized carbons (Fsp3) is 0.0476. The van der Waals surface area contributed by atoms with Crippen LogP contribution in [0.25, 0.3) is 10.2 Å². The van der Waals surface area contributed by atoms with Gasteiger partial charge in [0.05, 0.1) is 20.9 Å². The molecule has 0 aliphatic carbocycles. The van der Waals surface area contributed by atoms with Crippen LogP contribution in [0.3, 0.4) is 0 Å². The van der Waals surface area contributed by atoms with E-state index < -0.39 is 0 Å². The molecule has 1 aromatic heterocycles. The lowest BCUT2D eigenvalue weighted by Crippen LogP contribution is -1.96. The van der Waals surface area contributed by atoms with Crippen molar-refractivity contribution in [1.82, 2.24) is 4.98 Å². The van der Waals surface area contributed by atoms with Gasteiger partial charge >= 0.3 is 0 Å². The zero-order chi connectivity index (χ0) is 19.3. The van der Waals surface area contributed by atoms with Crippen LogP contribution in [0.15, 0.2) is 80.8 Å². The van der Waals surface area contributed by atoms with Crippen molar-refractivity contribution in [1.29, 1.82) is 0 Å². The average Bonchev–Trinajstić information content (AvgIpc) is 3.11. The van der Waals surface area contributed by atoms with Crippen LogP contribution in [-0.4, -0.2) is 11.2 Å². The summed E-state index contributed by atoms with van der Waals surface area (Å²) in [6, 6.07) is 22.0. The SMILES string of the molecule is Brc1ccc(COc2ccc(/C=N/Nc3nc4ccccc4s3)cc2Br)cc1. The maximum Gasteiger partial charge on any atom is 0.204 e. The molecule has 4 aromatic rings. The first-order valence-corrected chi connectivity index (χ1v) is 10.9. The Labute approximate surface area is 183 Å². The molecule has 0 saturated heterocycles. The van der Waals surface area contributed by atoms with Gasteiger partial charge in [0.2, 0.25) is 5.13 Å². The lowest BCUT2D eigenvalue weighted by molar-refractivity contribution is 0.304. The second-order valence-corrected chi connectivity index (χ2v) is 8.76. The van der Waals surface area contributed by atoms with Crippen molar-refractivity contribution in [3.05, 3.63) is 86.8 Å². The van der Waals surface area contributed by atoms with Crippen molar-refractivity contribution < 1.29 is 4.74 Å². The third kappa shape index (κ3) is 4.79. The highest BCUT2D eigenvalue weighted by Gasteiger charge is 2.04. The predicted octanol–water partition coefficient (Wildman–Crippen LogP) is 6.85. The van der Waals surface area contributed by atoms with E-state index in [-0.39, 0.29) is 0 Å². The topological polar surface area (TPSA) is 46.5 Å². The van der Waals surface area contributed by atoms with Gasteiger partial charge in [0, 0.05) is 4.47 Å². The molecule has 0 saturated carbocycles. The number of thiazole rings is 1. The fourth-order valence-electron chi connectivity index (χ4n) is 2.54. The summed E-state index contributed by atoms with van der Waals surface area (Å²) in [6.45, 7) is 0.512. The van der Waals surface area contributed by atoms with Gasteiger partial charge in [0.25, 0.3) is 0 Å². The molecule has 4 nitrogen and oxygen atoms in total. The van der Waals surface area contributed by atoms with E-state index in [2.05, 4.69) is 47.4 Å². The number of halogens is 2. The van der Waals surface area contributed by atoms with Crippen LogP contribution in [-0.2, 0) is 6.61 Å². The van der Waals surface area contributed by atoms with Crippen molar-refractivity contribution >= 4 is 64.8 Å². The van der Waals surface area contributed by atoms with E-state index >= 15 is 0 Å². The predicted molar refractivity (Wildman–Crippen MR) is 123 cm³/mol. The molecule has 0 aliphatic heterocycles. The minimum Gasteiger partial charge on any atom is -0.488 e. The van der Waals surface area contributed by atoms with Crippen molar-refractivity contribution in [3.8, 4) is 5.75 Å². The summed E-state index contributed by atoms with van der Waals surface area (Å²) < 4.78 is 8.97. The summed E-state index contributed by atoms with van der Waals surface area (Å²) in [4.78, 5) is 4.50. The summed E-state index contributed by atoms with van der Waals surface area (Å²) in [5.41, 5.74) is 6.03. The van der Waals surface area contributed by atoms with Gasteiger partial charge in [0.1, 0.15) is 12.4 Å². The van der Waals surface area contributed by atoms with E-state index in [1.165, 1.54) is 0 Å². The molecule has 0 atom stereocenters. The standard InChI is InChI=1S/C21H15Br2N3OS/c22-16-8-5-14(6-9-16)13-27-19-10-7-15(11-17(19)23)12-24-26-21-25-18-3-1-2-4-20(18)28-21/h1-12H,13H2,(H,25,26)/b24-12+. The third-order valence-corrected chi connectivity index (χ3v) is 6.02. The van der Waals surface area contributed by atoms with Gasteiger partial charge in [-0.15, -0.1) is 0 Å². The number of hydrogen-bond acceptors (Lipinski definition) is 5. The Kier molecular flexibility index (Phi) is 6.04. The highest BCUT2D eigenvalue weighted by Crippen LogP contribution is 2.27. The molecule has 0 fully saturated rings. The lowest BCUT2D eigenvalue weighted by atomic mass is 10.2. The molecule has 0 radical (unpaired) electrons. The Bertz CT molecular complexity index is 1090. The Morgan fingerprint density at radius 2 is 1.86 bits per heavy atom. The van der Waals surface area contributed by atoms with Crippen molar-refractivity contribution in [2.75, 3.05) is 5.43 Å². The second-order valence-electron chi connectivity index (χ2n) is 5.96. The number of hydrazone groups is 1. The van der Waals surface area contributed by atoms with Crippen LogP contribution >= 0.6 is 43.2 Å². The van der Waals surface area contributed by atoms with Gasteiger partial charge in [0.15, 0.2) is 0 Å². The molecule has 1 heterocycles. The number of rotatable bonds is 6. The monoisotopic (exact) mass is 515 g/mol. The molecule has 140 valence electrons. The zero-order valence-electron chi connectivity index (χ0n) is 14.6. The van der Waals surface area contributed by atoms with Gasteiger partial charge in [-0.1, -0.05) is 51.5 Å². The molecule has 0 bridgehead atoms. The van der Waals surface area contributed by atoms with Gasteiger partial charge in [-0.05, 0) is 69.5 Å². The van der Waals surface area contributed by atoms with Crippen molar-refractivity contribution in [3.63, 3.8) is 0 Å². The Morgan fingerprint density at radius 1 is 1.04 bits per heavy atom. The molecule has 7 heteroatoms. The fourth-order valence-corrected chi connectivity index (χ4v) is 4.13. The molecule has 0 aliphatic rings. The average molecular weight is 517 g/mol. The van der Waals surface area contributed by atoms with E-state index in [0.717, 1.165) is 41.2 Å². The number of benzene rings is 3. The number of ether oxygens (including phenoxy) is 1. The number of nitrogens with one attached hydrogen (secondary N) is 1. The lowest BCUT2D eigenvalue weighted by Gasteiger charge is -2.09. The van der Waals surface area contributed by atoms with E-state index in [1.54, 1.807) is 17.6 Å². The normalized spacial score (nSPS) is 11.2. The third-order valence-electron chi connectivity index (χ3n) is 3.93. The summed E-state index contributed by atoms with van der Waals surface area (Å²) in [5, 5.41) is 5.06. The summed E-state index contributed by atoms with van der Waals surface area (Å²) in [5.74, 6) is 0.791. The first-order valence-electron chi connectivity index (χ1n) is 8.49. The molecule has 0 spiro atoms. The molecular weight excluding hydrogens is 502 g/mol. The van der Waals surface area contributed by atoms with E-state index in [0.29, 0.717) is 6.61 Å². The molecule has 4 rings (SSSR count). The maximum atomic E-state index is 5.89. The Morgan fingerprint density at radius 3 is 2.64 bits per heavy atom. The maximum absolute atomic E-state index is 5.89. The molecule has 28 heavy (non-hydrogen) atoms. The summed E-state index contributed by atoms with van der Waals surface area (Å²) in [6.07, 6.45) is 1.76. The minimum atomic E-state index is 0.512. The Balaban J connectivity index is 1.38. The number of para-hydroxylation sites is 1. The number of anilines is 1. The van der Waals surface area contributed by atoms with E-state index in [1.807, 2.05) is 66.7 Å². The first-order chi connectivity index (χ1) is 13.7. The van der Waals surface area contributed by atoms with Crippen LogP contribution < -0.4 is 10.2 Å². The van der Waals surface area contributed by atoms with E-state index in [4.69, 9.17) is 4.74 Å². The van der Waals surface area contributed by atoms with Gasteiger partial charge in [-0.25, -0.2) is 4.98 Å². The van der Waals surface area contributed by atoms with Crippen LogP contribution in [0, 0.1) is 0 Å². The molecule has 3 aromatic carbocycles. The zero-order valence-corrected chi connectivity index (χ0v) is 18.6. The summed E-state index contributed by atoms with van der Waals surface area (Å²) in [7, 11) is 0. The molecular formula is C21H15Br2N3OS.